The average molecular weight is 1180 g/mol. The Morgan fingerprint density at radius 3 is 1.36 bits per heavy atom. The van der Waals surface area contributed by atoms with Crippen LogP contribution in [-0.2, 0) is 47.9 Å². The Bertz CT molecular complexity index is 2290. The van der Waals surface area contributed by atoms with Crippen molar-refractivity contribution in [1.29, 1.82) is 0 Å². The smallest absolute Gasteiger partial charge is 0.248 e. The molecule has 0 fully saturated rings. The number of carbonyl (C=O) groups is 10. The molecule has 0 saturated heterocycles. The second-order valence-electron chi connectivity index (χ2n) is 26.9. The molecule has 0 aromatic rings. The van der Waals surface area contributed by atoms with Gasteiger partial charge in [0.25, 0.3) is 0 Å². The van der Waals surface area contributed by atoms with E-state index in [1.54, 1.807) is 41.7 Å². The highest BCUT2D eigenvalue weighted by Crippen LogP contribution is 2.29. The van der Waals surface area contributed by atoms with E-state index in [0.29, 0.717) is 6.42 Å². The Labute approximate surface area is 506 Å². The number of ketones is 3. The summed E-state index contributed by atoms with van der Waals surface area (Å²) in [6, 6.07) is -7.35. The first-order chi connectivity index (χ1) is 38.8. The maximum atomic E-state index is 15.1. The van der Waals surface area contributed by atoms with E-state index in [2.05, 4.69) is 5.32 Å². The van der Waals surface area contributed by atoms with Crippen molar-refractivity contribution in [3.8, 4) is 0 Å². The number of aliphatic hydroxyl groups is 1. The first-order valence-electron chi connectivity index (χ1n) is 31.0. The van der Waals surface area contributed by atoms with Crippen molar-refractivity contribution in [3.05, 3.63) is 24.2 Å². The summed E-state index contributed by atoms with van der Waals surface area (Å²) < 4.78 is 0. The Morgan fingerprint density at radius 2 is 0.905 bits per heavy atom. The number of amides is 7. The molecule has 1 aliphatic rings. The summed E-state index contributed by atoms with van der Waals surface area (Å²) in [5.74, 6) is -8.91. The van der Waals surface area contributed by atoms with Crippen LogP contribution < -0.4 is 5.32 Å². The number of allylic oxidation sites excluding steroid dienone is 2. The predicted molar refractivity (Wildman–Crippen MR) is 331 cm³/mol. The van der Waals surface area contributed by atoms with Crippen LogP contribution in [0.4, 0.5) is 0 Å². The fourth-order valence-electron chi connectivity index (χ4n) is 11.3. The topological polar surface area (TPSA) is 226 Å². The van der Waals surface area contributed by atoms with Crippen LogP contribution in [0, 0.1) is 59.2 Å². The highest BCUT2D eigenvalue weighted by atomic mass is 16.3. The maximum Gasteiger partial charge on any atom is 0.248 e. The quantitative estimate of drug-likeness (QED) is 0.148. The van der Waals surface area contributed by atoms with Gasteiger partial charge in [0.2, 0.25) is 47.2 Å². The van der Waals surface area contributed by atoms with Gasteiger partial charge in [-0.1, -0.05) is 123 Å². The number of hydrogen-bond donors (Lipinski definition) is 2. The third-order valence-electron chi connectivity index (χ3n) is 16.7. The van der Waals surface area contributed by atoms with Gasteiger partial charge < -0.3 is 44.7 Å². The minimum absolute atomic E-state index is 0.0384. The van der Waals surface area contributed by atoms with Crippen molar-refractivity contribution in [1.82, 2.24) is 39.6 Å². The third-order valence-corrected chi connectivity index (χ3v) is 16.7. The van der Waals surface area contributed by atoms with Crippen molar-refractivity contribution in [2.24, 2.45) is 59.2 Å². The highest BCUT2D eigenvalue weighted by molar-refractivity contribution is 5.98. The molecule has 1 rings (SSSR count). The van der Waals surface area contributed by atoms with Gasteiger partial charge in [-0.15, -0.1) is 0 Å². The molecule has 0 bridgehead atoms. The lowest BCUT2D eigenvalue weighted by Gasteiger charge is -2.41. The van der Waals surface area contributed by atoms with Gasteiger partial charge in [-0.25, -0.2) is 0 Å². The predicted octanol–water partition coefficient (Wildman–Crippen LogP) is 8.40. The monoisotopic (exact) mass is 1180 g/mol. The Balaban J connectivity index is 4.32. The van der Waals surface area contributed by atoms with Gasteiger partial charge >= 0.3 is 0 Å². The SMILES string of the molecule is C/C=C/C[C@@H](C)CC1C(=O)N[C@@H](CC)C(=O)N(C)C=C(O)N(C)[C@@H](CC(C)C)C(=O)C[C@@H](C(C)C)C(=O)N(C)[C@@H](CC(C)C)C(=O)C[C@@H](C)C(=O)C[C@H](C)C(=O)N(C)[C@@H](CC(C)C)C(=O)N(C)[C@@H](CC(C)C)C(=O)N(C)[C@@H](C(C)C)C(=O)N1C. The Kier molecular flexibility index (Phi) is 31.9. The molecule has 19 heteroatoms. The fraction of sp³-hybridized carbons (Fsp3) is 0.785. The third kappa shape index (κ3) is 22.0. The van der Waals surface area contributed by atoms with Crippen LogP contribution in [0.25, 0.3) is 0 Å². The van der Waals surface area contributed by atoms with Crippen LogP contribution in [-0.4, -0.2) is 190 Å². The summed E-state index contributed by atoms with van der Waals surface area (Å²) in [5, 5.41) is 14.6. The molecule has 11 atom stereocenters. The average Bonchev–Trinajstić information content (AvgIpc) is 2.64. The molecule has 1 aliphatic heterocycles. The maximum absolute atomic E-state index is 15.1. The summed E-state index contributed by atoms with van der Waals surface area (Å²) in [7, 11) is 10.6. The second-order valence-corrected chi connectivity index (χ2v) is 26.9. The number of hydrogen-bond acceptors (Lipinski definition) is 12. The van der Waals surface area contributed by atoms with Crippen LogP contribution >= 0.6 is 0 Å². The first-order valence-corrected chi connectivity index (χ1v) is 31.0. The number of rotatable bonds is 15. The summed E-state index contributed by atoms with van der Waals surface area (Å²) in [6.45, 7) is 31.4. The van der Waals surface area contributed by atoms with Gasteiger partial charge in [0.1, 0.15) is 36.0 Å². The number of nitrogens with one attached hydrogen (secondary N) is 1. The molecule has 2 N–H and O–H groups in total. The van der Waals surface area contributed by atoms with Crippen LogP contribution in [0.15, 0.2) is 24.2 Å². The van der Waals surface area contributed by atoms with Crippen LogP contribution in [0.5, 0.6) is 0 Å². The summed E-state index contributed by atoms with van der Waals surface area (Å²) in [6.07, 6.45) is 6.30. The van der Waals surface area contributed by atoms with Crippen LogP contribution in [0.1, 0.15) is 182 Å². The van der Waals surface area contributed by atoms with Crippen molar-refractivity contribution >= 4 is 58.7 Å². The minimum Gasteiger partial charge on any atom is -0.494 e. The van der Waals surface area contributed by atoms with Gasteiger partial charge in [0.05, 0.1) is 18.3 Å². The van der Waals surface area contributed by atoms with E-state index in [1.165, 1.54) is 77.9 Å². The molecule has 480 valence electrons. The molecule has 84 heavy (non-hydrogen) atoms. The molecule has 0 saturated carbocycles. The van der Waals surface area contributed by atoms with Crippen LogP contribution in [0.2, 0.25) is 0 Å². The van der Waals surface area contributed by atoms with E-state index < -0.39 is 113 Å². The fourth-order valence-corrected chi connectivity index (χ4v) is 11.3. The van der Waals surface area contributed by atoms with E-state index in [1.807, 2.05) is 95.2 Å². The Morgan fingerprint density at radius 1 is 0.488 bits per heavy atom. The standard InChI is InChI=1S/C65H114N8O11/c1-25-27-28-44(15)33-51-59(78)66-48(26-2)62(81)67(18)37-57(77)68(19)49(29-38(3)4)56(76)36-47(42(11)12)61(80)69(20)50(30-39(5)6)55(75)34-45(16)54(74)35-46(17)60(79)71(22)52(31-40(7)8)63(82)72(23)53(32-41(9)10)64(83)73(24)58(43(13)14)65(84)70(51)21/h25,27,37-53,58,77H,26,28-36H2,1-24H3,(H,66,78)/b27-25+,57-37?/t44-,45-,46+,47+,48+,49+,50+,51?,52+,53+,58+/m1/s1. The summed E-state index contributed by atoms with van der Waals surface area (Å²) in [4.78, 5) is 156. The zero-order valence-corrected chi connectivity index (χ0v) is 56.3. The van der Waals surface area contributed by atoms with Crippen molar-refractivity contribution in [2.45, 2.75) is 224 Å². The Hall–Kier alpha value is -5.62. The largest absolute Gasteiger partial charge is 0.494 e. The van der Waals surface area contributed by atoms with E-state index in [0.717, 1.165) is 4.90 Å². The molecular formula is C65H114N8O11. The van der Waals surface area contributed by atoms with Crippen molar-refractivity contribution in [2.75, 3.05) is 49.3 Å². The zero-order chi connectivity index (χ0) is 65.1. The molecule has 0 spiro atoms. The van der Waals surface area contributed by atoms with Gasteiger partial charge in [-0.05, 0) is 93.3 Å². The first kappa shape index (κ1) is 76.4. The van der Waals surface area contributed by atoms with Gasteiger partial charge in [0, 0.05) is 86.3 Å². The number of nitrogens with zero attached hydrogens (tertiary/aromatic N) is 7. The lowest BCUT2D eigenvalue weighted by atomic mass is 9.84. The molecule has 0 aliphatic carbocycles. The van der Waals surface area contributed by atoms with Crippen molar-refractivity contribution in [3.63, 3.8) is 0 Å². The van der Waals surface area contributed by atoms with E-state index in [9.17, 15) is 43.5 Å². The number of carbonyl (C=O) groups excluding carboxylic acids is 10. The molecule has 1 heterocycles. The van der Waals surface area contributed by atoms with Crippen LogP contribution in [0.3, 0.4) is 0 Å². The number of Topliss-reactive ketones (excluding diaryl/α,β-unsaturated/α-hetero) is 3. The number of aliphatic hydroxyl groups excluding tert-OH is 1. The zero-order valence-electron chi connectivity index (χ0n) is 56.3. The van der Waals surface area contributed by atoms with Crippen molar-refractivity contribution < 1.29 is 53.1 Å². The van der Waals surface area contributed by atoms with E-state index in [-0.39, 0.29) is 111 Å². The van der Waals surface area contributed by atoms with Gasteiger partial charge in [-0.3, -0.25) is 47.9 Å². The van der Waals surface area contributed by atoms with Gasteiger partial charge in [-0.2, -0.15) is 0 Å². The molecular weight excluding hydrogens is 1070 g/mol. The number of likely N-dealkylation sites (N-methyl/N-ethyl adjacent to an activating group) is 7. The summed E-state index contributed by atoms with van der Waals surface area (Å²) in [5.41, 5.74) is 0. The molecule has 1 unspecified atom stereocenters. The van der Waals surface area contributed by atoms with E-state index >= 15 is 9.59 Å². The van der Waals surface area contributed by atoms with E-state index in [4.69, 9.17) is 0 Å². The second kappa shape index (κ2) is 35.1. The molecule has 0 radical (unpaired) electrons. The summed E-state index contributed by atoms with van der Waals surface area (Å²) >= 11 is 0. The lowest BCUT2D eigenvalue weighted by molar-refractivity contribution is -0.156. The minimum atomic E-state index is -1.13. The molecule has 19 nitrogen and oxygen atoms in total. The molecule has 0 aromatic heterocycles. The lowest BCUT2D eigenvalue weighted by Crippen LogP contribution is -2.61. The normalized spacial score (nSPS) is 26.9. The highest BCUT2D eigenvalue weighted by Gasteiger charge is 2.44. The molecule has 7 amide bonds. The van der Waals surface area contributed by atoms with Gasteiger partial charge in [0.15, 0.2) is 11.6 Å². The molecule has 0 aromatic carbocycles.